The molecule has 2 aromatic heterocycles. The maximum Gasteiger partial charge on any atom is 0.354 e. The number of hydrogen-bond donors (Lipinski definition) is 2. The van der Waals surface area contributed by atoms with Crippen LogP contribution in [0.2, 0.25) is 0 Å². The Bertz CT molecular complexity index is 548. The molecule has 0 aromatic carbocycles. The van der Waals surface area contributed by atoms with Crippen molar-refractivity contribution in [1.29, 1.82) is 0 Å². The summed E-state index contributed by atoms with van der Waals surface area (Å²) in [7, 11) is 0. The van der Waals surface area contributed by atoms with E-state index >= 15 is 0 Å². The van der Waals surface area contributed by atoms with E-state index in [1.165, 1.54) is 18.3 Å². The Labute approximate surface area is 87.6 Å². The minimum Gasteiger partial charge on any atom is -0.477 e. The van der Waals surface area contributed by atoms with E-state index in [4.69, 9.17) is 10.2 Å². The predicted octanol–water partition coefficient (Wildman–Crippen LogP) is 1.69. The SMILES string of the molecule is O=C(O)c1cc2cc(C(=O)O)sc2cn1. The molecule has 0 fully saturated rings. The summed E-state index contributed by atoms with van der Waals surface area (Å²) in [5.41, 5.74) is -0.0859. The maximum absolute atomic E-state index is 10.7. The van der Waals surface area contributed by atoms with Crippen LogP contribution in [0.3, 0.4) is 0 Å². The first-order valence-corrected chi connectivity index (χ1v) is 4.76. The summed E-state index contributed by atoms with van der Waals surface area (Å²) in [6.07, 6.45) is 1.37. The molecular weight excluding hydrogens is 218 g/mol. The Morgan fingerprint density at radius 2 is 1.93 bits per heavy atom. The molecule has 2 aromatic rings. The van der Waals surface area contributed by atoms with E-state index in [1.807, 2.05) is 0 Å². The summed E-state index contributed by atoms with van der Waals surface area (Å²) in [6, 6.07) is 2.80. The number of aromatic carboxylic acids is 2. The van der Waals surface area contributed by atoms with E-state index < -0.39 is 11.9 Å². The van der Waals surface area contributed by atoms with E-state index in [2.05, 4.69) is 4.98 Å². The zero-order valence-electron chi connectivity index (χ0n) is 7.30. The lowest BCUT2D eigenvalue weighted by Gasteiger charge is -1.91. The summed E-state index contributed by atoms with van der Waals surface area (Å²) in [6.45, 7) is 0. The van der Waals surface area contributed by atoms with E-state index in [1.54, 1.807) is 0 Å². The van der Waals surface area contributed by atoms with Crippen LogP contribution in [0.1, 0.15) is 20.2 Å². The molecule has 0 aliphatic carbocycles. The molecule has 0 aliphatic rings. The van der Waals surface area contributed by atoms with Crippen LogP contribution in [0.4, 0.5) is 0 Å². The van der Waals surface area contributed by atoms with E-state index in [-0.39, 0.29) is 10.6 Å². The highest BCUT2D eigenvalue weighted by Crippen LogP contribution is 2.25. The minimum atomic E-state index is -1.13. The van der Waals surface area contributed by atoms with Gasteiger partial charge in [0.1, 0.15) is 10.6 Å². The fraction of sp³-hybridized carbons (Fsp3) is 0. The molecule has 2 heterocycles. The standard InChI is InChI=1S/C9H5NO4S/c11-8(12)5-1-4-2-6(9(13)14)15-7(4)3-10-5/h1-3H,(H,11,12)(H,13,14). The molecule has 0 unspecified atom stereocenters. The summed E-state index contributed by atoms with van der Waals surface area (Å²) in [4.78, 5) is 25.1. The van der Waals surface area contributed by atoms with Crippen molar-refractivity contribution in [2.24, 2.45) is 0 Å². The number of carbonyl (C=O) groups is 2. The van der Waals surface area contributed by atoms with E-state index in [0.29, 0.717) is 10.1 Å². The Morgan fingerprint density at radius 3 is 2.53 bits per heavy atom. The highest BCUT2D eigenvalue weighted by Gasteiger charge is 2.11. The summed E-state index contributed by atoms with van der Waals surface area (Å²) in [5, 5.41) is 18.0. The number of carboxylic acid groups (broad SMARTS) is 2. The van der Waals surface area contributed by atoms with Crippen molar-refractivity contribution < 1.29 is 19.8 Å². The van der Waals surface area contributed by atoms with Crippen molar-refractivity contribution in [2.75, 3.05) is 0 Å². The molecule has 0 atom stereocenters. The first-order valence-electron chi connectivity index (χ1n) is 3.94. The van der Waals surface area contributed by atoms with Crippen LogP contribution >= 0.6 is 11.3 Å². The van der Waals surface area contributed by atoms with Gasteiger partial charge in [0.15, 0.2) is 0 Å². The van der Waals surface area contributed by atoms with Crippen LogP contribution in [0, 0.1) is 0 Å². The number of thiophene rings is 1. The zero-order valence-corrected chi connectivity index (χ0v) is 8.11. The molecule has 0 saturated heterocycles. The molecule has 15 heavy (non-hydrogen) atoms. The third-order valence-corrected chi connectivity index (χ3v) is 2.91. The second-order valence-corrected chi connectivity index (χ2v) is 3.91. The van der Waals surface area contributed by atoms with Gasteiger partial charge in [0.05, 0.1) is 4.70 Å². The van der Waals surface area contributed by atoms with E-state index in [9.17, 15) is 9.59 Å². The van der Waals surface area contributed by atoms with Crippen LogP contribution in [0.25, 0.3) is 10.1 Å². The van der Waals surface area contributed by atoms with Crippen molar-refractivity contribution in [3.05, 3.63) is 28.9 Å². The fourth-order valence-corrected chi connectivity index (χ4v) is 2.02. The van der Waals surface area contributed by atoms with Gasteiger partial charge < -0.3 is 10.2 Å². The third-order valence-electron chi connectivity index (χ3n) is 1.83. The molecule has 0 radical (unpaired) electrons. The molecule has 0 spiro atoms. The number of rotatable bonds is 2. The molecule has 0 saturated carbocycles. The van der Waals surface area contributed by atoms with Crippen molar-refractivity contribution in [3.63, 3.8) is 0 Å². The van der Waals surface area contributed by atoms with Crippen LogP contribution in [-0.2, 0) is 0 Å². The lowest BCUT2D eigenvalue weighted by Crippen LogP contribution is -1.98. The van der Waals surface area contributed by atoms with Crippen molar-refractivity contribution >= 4 is 33.4 Å². The number of fused-ring (bicyclic) bond motifs is 1. The van der Waals surface area contributed by atoms with Crippen molar-refractivity contribution in [3.8, 4) is 0 Å². The minimum absolute atomic E-state index is 0.0859. The highest BCUT2D eigenvalue weighted by atomic mass is 32.1. The van der Waals surface area contributed by atoms with Gasteiger partial charge in [-0.3, -0.25) is 0 Å². The number of hydrogen-bond acceptors (Lipinski definition) is 4. The predicted molar refractivity (Wildman–Crippen MR) is 53.5 cm³/mol. The topological polar surface area (TPSA) is 87.5 Å². The smallest absolute Gasteiger partial charge is 0.354 e. The van der Waals surface area contributed by atoms with Crippen LogP contribution in [-0.4, -0.2) is 27.1 Å². The first-order chi connectivity index (χ1) is 7.08. The lowest BCUT2D eigenvalue weighted by molar-refractivity contribution is 0.0684. The van der Waals surface area contributed by atoms with Crippen LogP contribution in [0.5, 0.6) is 0 Å². The van der Waals surface area contributed by atoms with Gasteiger partial charge in [-0.05, 0) is 17.5 Å². The normalized spacial score (nSPS) is 10.4. The van der Waals surface area contributed by atoms with Crippen molar-refractivity contribution in [2.45, 2.75) is 0 Å². The van der Waals surface area contributed by atoms with Gasteiger partial charge in [0.2, 0.25) is 0 Å². The maximum atomic E-state index is 10.7. The molecular formula is C9H5NO4S. The molecule has 0 aliphatic heterocycles. The molecule has 2 rings (SSSR count). The van der Waals surface area contributed by atoms with Gasteiger partial charge >= 0.3 is 11.9 Å². The number of carboxylic acids is 2. The van der Waals surface area contributed by atoms with Gasteiger partial charge in [-0.15, -0.1) is 11.3 Å². The molecule has 6 heteroatoms. The average Bonchev–Trinajstić information content (AvgIpc) is 2.59. The second kappa shape index (κ2) is 3.32. The average molecular weight is 223 g/mol. The van der Waals surface area contributed by atoms with Crippen molar-refractivity contribution in [1.82, 2.24) is 4.98 Å². The van der Waals surface area contributed by atoms with Gasteiger partial charge in [0.25, 0.3) is 0 Å². The Hall–Kier alpha value is -1.95. The molecule has 0 amide bonds. The van der Waals surface area contributed by atoms with Crippen LogP contribution < -0.4 is 0 Å². The number of pyridine rings is 1. The Kier molecular flexibility index (Phi) is 2.12. The van der Waals surface area contributed by atoms with Gasteiger partial charge in [0, 0.05) is 6.20 Å². The molecule has 5 nitrogen and oxygen atoms in total. The Balaban J connectivity index is 2.62. The first kappa shape index (κ1) is 9.60. The Morgan fingerprint density at radius 1 is 1.20 bits per heavy atom. The lowest BCUT2D eigenvalue weighted by atomic mass is 10.2. The quantitative estimate of drug-likeness (QED) is 0.808. The molecule has 76 valence electrons. The van der Waals surface area contributed by atoms with Crippen LogP contribution in [0.15, 0.2) is 18.3 Å². The number of aromatic nitrogens is 1. The fourth-order valence-electron chi connectivity index (χ4n) is 1.17. The summed E-state index contributed by atoms with van der Waals surface area (Å²) in [5.74, 6) is -2.15. The monoisotopic (exact) mass is 223 g/mol. The number of nitrogens with zero attached hydrogens (tertiary/aromatic N) is 1. The van der Waals surface area contributed by atoms with Gasteiger partial charge in [-0.2, -0.15) is 0 Å². The van der Waals surface area contributed by atoms with Gasteiger partial charge in [-0.25, -0.2) is 14.6 Å². The third kappa shape index (κ3) is 1.66. The second-order valence-electron chi connectivity index (χ2n) is 2.83. The summed E-state index contributed by atoms with van der Waals surface area (Å²) >= 11 is 1.07. The highest BCUT2D eigenvalue weighted by molar-refractivity contribution is 7.20. The van der Waals surface area contributed by atoms with Gasteiger partial charge in [-0.1, -0.05) is 0 Å². The summed E-state index contributed by atoms with van der Waals surface area (Å²) < 4.78 is 0.664. The molecule has 0 bridgehead atoms. The largest absolute Gasteiger partial charge is 0.477 e. The molecule has 2 N–H and O–H groups in total. The van der Waals surface area contributed by atoms with E-state index in [0.717, 1.165) is 11.3 Å². The zero-order chi connectivity index (χ0) is 11.0.